The molecule has 0 saturated heterocycles. The molecule has 0 aliphatic carbocycles. The lowest BCUT2D eigenvalue weighted by Crippen LogP contribution is -2.19. The third kappa shape index (κ3) is 3.47. The van der Waals surface area contributed by atoms with Crippen LogP contribution in [0, 0.1) is 0 Å². The minimum Gasteiger partial charge on any atom is -0.457 e. The van der Waals surface area contributed by atoms with E-state index >= 15 is 0 Å². The fourth-order valence-electron chi connectivity index (χ4n) is 2.03. The molecule has 0 aliphatic rings. The third-order valence-electron chi connectivity index (χ3n) is 3.12. The Bertz CT molecular complexity index is 886. The minimum atomic E-state index is -0.495. The fourth-order valence-corrected chi connectivity index (χ4v) is 2.03. The number of rotatable bonds is 3. The molecule has 0 fully saturated rings. The Morgan fingerprint density at radius 1 is 0.913 bits per heavy atom. The molecule has 1 amide bonds. The van der Waals surface area contributed by atoms with Gasteiger partial charge in [0, 0.05) is 6.20 Å². The monoisotopic (exact) mass is 306 g/mol. The molecule has 1 heterocycles. The van der Waals surface area contributed by atoms with Crippen molar-refractivity contribution in [2.45, 2.75) is 0 Å². The van der Waals surface area contributed by atoms with Gasteiger partial charge in [-0.3, -0.25) is 4.79 Å². The van der Waals surface area contributed by atoms with Crippen molar-refractivity contribution in [3.05, 3.63) is 90.0 Å². The molecule has 0 unspecified atom stereocenters. The van der Waals surface area contributed by atoms with Crippen LogP contribution in [0.25, 0.3) is 0 Å². The molecule has 0 spiro atoms. The van der Waals surface area contributed by atoms with Crippen molar-refractivity contribution in [3.63, 3.8) is 0 Å². The van der Waals surface area contributed by atoms with Crippen LogP contribution in [-0.2, 0) is 0 Å². The first-order valence-corrected chi connectivity index (χ1v) is 7.02. The van der Waals surface area contributed by atoms with Gasteiger partial charge in [0.15, 0.2) is 5.49 Å². The lowest BCUT2D eigenvalue weighted by molar-refractivity contribution is 0.0985. The van der Waals surface area contributed by atoms with Gasteiger partial charge in [-0.1, -0.05) is 36.4 Å². The van der Waals surface area contributed by atoms with Gasteiger partial charge in [-0.2, -0.15) is 9.72 Å². The van der Waals surface area contributed by atoms with E-state index in [4.69, 9.17) is 4.74 Å². The highest BCUT2D eigenvalue weighted by Gasteiger charge is 2.12. The van der Waals surface area contributed by atoms with Gasteiger partial charge in [0.05, 0.1) is 5.56 Å². The quantitative estimate of drug-likeness (QED) is 0.755. The molecule has 0 bridgehead atoms. The Labute approximate surface area is 132 Å². The van der Waals surface area contributed by atoms with E-state index in [1.807, 2.05) is 18.2 Å². The van der Waals surface area contributed by atoms with E-state index in [-0.39, 0.29) is 5.49 Å². The van der Waals surface area contributed by atoms with Crippen LogP contribution in [0.2, 0.25) is 0 Å². The summed E-state index contributed by atoms with van der Waals surface area (Å²) in [6, 6.07) is 20.9. The number of nitrogens with zero attached hydrogens (tertiary/aromatic N) is 2. The van der Waals surface area contributed by atoms with Gasteiger partial charge in [0.2, 0.25) is 0 Å². The van der Waals surface area contributed by atoms with Crippen LogP contribution in [0.1, 0.15) is 10.4 Å². The number of hydrogen-bond donors (Lipinski definition) is 1. The first-order chi connectivity index (χ1) is 11.2. The topological polar surface area (TPSA) is 63.8 Å². The van der Waals surface area contributed by atoms with E-state index < -0.39 is 5.91 Å². The second-order valence-corrected chi connectivity index (χ2v) is 4.73. The summed E-state index contributed by atoms with van der Waals surface area (Å²) in [5, 5.41) is 9.65. The molecule has 5 heteroatoms. The second-order valence-electron chi connectivity index (χ2n) is 4.73. The summed E-state index contributed by atoms with van der Waals surface area (Å²) in [5.74, 6) is 0.545. The highest BCUT2D eigenvalue weighted by atomic mass is 16.5. The molecule has 3 aromatic rings. The van der Waals surface area contributed by atoms with Crippen molar-refractivity contribution in [3.8, 4) is 11.5 Å². The molecular weight excluding hydrogens is 292 g/mol. The Morgan fingerprint density at radius 2 is 1.61 bits per heavy atom. The summed E-state index contributed by atoms with van der Waals surface area (Å²) in [7, 11) is 0. The number of hydrogen-bond acceptors (Lipinski definition) is 3. The molecule has 3 rings (SSSR count). The SMILES string of the molecule is O=C(N=c1ccccn1O)c1ccccc1Oc1ccccc1. The average molecular weight is 306 g/mol. The van der Waals surface area contributed by atoms with E-state index in [0.29, 0.717) is 17.1 Å². The maximum Gasteiger partial charge on any atom is 0.282 e. The Hall–Kier alpha value is -3.34. The zero-order valence-electron chi connectivity index (χ0n) is 12.2. The van der Waals surface area contributed by atoms with Gasteiger partial charge in [0.1, 0.15) is 11.5 Å². The summed E-state index contributed by atoms with van der Waals surface area (Å²) in [4.78, 5) is 16.3. The predicted molar refractivity (Wildman–Crippen MR) is 84.5 cm³/mol. The average Bonchev–Trinajstić information content (AvgIpc) is 2.58. The van der Waals surface area contributed by atoms with Gasteiger partial charge in [-0.25, -0.2) is 0 Å². The maximum absolute atomic E-state index is 12.4. The van der Waals surface area contributed by atoms with E-state index in [1.165, 1.54) is 6.20 Å². The number of carbonyl (C=O) groups excluding carboxylic acids is 1. The lowest BCUT2D eigenvalue weighted by Gasteiger charge is -2.08. The minimum absolute atomic E-state index is 0.145. The molecule has 1 aromatic heterocycles. The summed E-state index contributed by atoms with van der Waals surface area (Å²) in [5.41, 5.74) is 0.465. The lowest BCUT2D eigenvalue weighted by atomic mass is 10.2. The van der Waals surface area contributed by atoms with Crippen LogP contribution in [0.5, 0.6) is 11.5 Å². The summed E-state index contributed by atoms with van der Waals surface area (Å²) >= 11 is 0. The number of carbonyl (C=O) groups is 1. The van der Waals surface area contributed by atoms with E-state index in [0.717, 1.165) is 4.73 Å². The second kappa shape index (κ2) is 6.62. The van der Waals surface area contributed by atoms with Crippen molar-refractivity contribution in [1.82, 2.24) is 4.73 Å². The smallest absolute Gasteiger partial charge is 0.282 e. The van der Waals surface area contributed by atoms with Gasteiger partial charge in [-0.15, -0.1) is 0 Å². The van der Waals surface area contributed by atoms with Crippen molar-refractivity contribution in [2.24, 2.45) is 4.99 Å². The molecule has 2 aromatic carbocycles. The van der Waals surface area contributed by atoms with Crippen molar-refractivity contribution in [1.29, 1.82) is 0 Å². The molecule has 5 nitrogen and oxygen atoms in total. The highest BCUT2D eigenvalue weighted by Crippen LogP contribution is 2.25. The first kappa shape index (κ1) is 14.6. The Kier molecular flexibility index (Phi) is 4.20. The predicted octanol–water partition coefficient (Wildman–Crippen LogP) is 3.26. The Morgan fingerprint density at radius 3 is 2.39 bits per heavy atom. The van der Waals surface area contributed by atoms with E-state index in [9.17, 15) is 10.0 Å². The number of aromatic nitrogens is 1. The standard InChI is InChI=1S/C18H14N2O3/c21-18(19-17-12-6-7-13-20(17)22)15-10-4-5-11-16(15)23-14-8-2-1-3-9-14/h1-13,22H. The molecule has 1 N–H and O–H groups in total. The Balaban J connectivity index is 1.96. The van der Waals surface area contributed by atoms with Crippen LogP contribution >= 0.6 is 0 Å². The number of pyridine rings is 1. The van der Waals surface area contributed by atoms with Crippen LogP contribution < -0.4 is 10.2 Å². The largest absolute Gasteiger partial charge is 0.457 e. The van der Waals surface area contributed by atoms with Gasteiger partial charge < -0.3 is 9.94 Å². The normalized spacial score (nSPS) is 11.2. The van der Waals surface area contributed by atoms with Crippen molar-refractivity contribution in [2.75, 3.05) is 0 Å². The van der Waals surface area contributed by atoms with Crippen molar-refractivity contribution < 1.29 is 14.7 Å². The van der Waals surface area contributed by atoms with Gasteiger partial charge >= 0.3 is 0 Å². The molecule has 0 saturated carbocycles. The third-order valence-corrected chi connectivity index (χ3v) is 3.12. The number of ether oxygens (including phenoxy) is 1. The van der Waals surface area contributed by atoms with Crippen LogP contribution in [0.15, 0.2) is 84.0 Å². The summed E-state index contributed by atoms with van der Waals surface area (Å²) in [6.07, 6.45) is 1.40. The number of para-hydroxylation sites is 2. The molecule has 0 atom stereocenters. The molecule has 0 aliphatic heterocycles. The summed E-state index contributed by atoms with van der Waals surface area (Å²) < 4.78 is 6.54. The van der Waals surface area contributed by atoms with Crippen molar-refractivity contribution >= 4 is 5.91 Å². The van der Waals surface area contributed by atoms with Crippen LogP contribution in [0.4, 0.5) is 0 Å². The fraction of sp³-hybridized carbons (Fsp3) is 0. The van der Waals surface area contributed by atoms with Crippen LogP contribution in [0.3, 0.4) is 0 Å². The van der Waals surface area contributed by atoms with Gasteiger partial charge in [0.25, 0.3) is 5.91 Å². The molecule has 114 valence electrons. The van der Waals surface area contributed by atoms with E-state index in [2.05, 4.69) is 4.99 Å². The van der Waals surface area contributed by atoms with Gasteiger partial charge in [-0.05, 0) is 36.4 Å². The first-order valence-electron chi connectivity index (χ1n) is 7.02. The van der Waals surface area contributed by atoms with E-state index in [1.54, 1.807) is 54.6 Å². The van der Waals surface area contributed by atoms with Crippen LogP contribution in [-0.4, -0.2) is 15.8 Å². The molecule has 0 radical (unpaired) electrons. The number of amides is 1. The summed E-state index contributed by atoms with van der Waals surface area (Å²) in [6.45, 7) is 0. The molecular formula is C18H14N2O3. The zero-order chi connectivity index (χ0) is 16.1. The highest BCUT2D eigenvalue weighted by molar-refractivity contribution is 5.97. The number of benzene rings is 2. The maximum atomic E-state index is 12.4. The molecule has 23 heavy (non-hydrogen) atoms. The zero-order valence-corrected chi connectivity index (χ0v) is 12.2.